The second-order valence-corrected chi connectivity index (χ2v) is 7.90. The molecule has 0 spiro atoms. The van der Waals surface area contributed by atoms with Crippen LogP contribution in [0.3, 0.4) is 0 Å². The molecule has 31 heavy (non-hydrogen) atoms. The first-order valence-electron chi connectivity index (χ1n) is 10.4. The van der Waals surface area contributed by atoms with Crippen LogP contribution in [0.15, 0.2) is 83.5 Å². The van der Waals surface area contributed by atoms with Crippen LogP contribution in [0.5, 0.6) is 5.75 Å². The zero-order chi connectivity index (χ0) is 21.8. The SMILES string of the molecule is Cc1ccccc1COc1cccc(/C=C2\N=C(c3ccc(C(C)C)cc3)OC2=O)c1. The molecule has 1 aliphatic heterocycles. The van der Waals surface area contributed by atoms with Gasteiger partial charge in [0.2, 0.25) is 5.90 Å². The summed E-state index contributed by atoms with van der Waals surface area (Å²) in [5, 5.41) is 0. The number of aliphatic imine (C=N–C) groups is 1. The molecule has 4 heteroatoms. The summed E-state index contributed by atoms with van der Waals surface area (Å²) >= 11 is 0. The van der Waals surface area contributed by atoms with E-state index in [0.29, 0.717) is 18.4 Å². The second kappa shape index (κ2) is 9.00. The Labute approximate surface area is 182 Å². The molecular weight excluding hydrogens is 386 g/mol. The van der Waals surface area contributed by atoms with Gasteiger partial charge in [0.05, 0.1) is 0 Å². The van der Waals surface area contributed by atoms with E-state index in [1.165, 1.54) is 11.1 Å². The van der Waals surface area contributed by atoms with Gasteiger partial charge in [0.1, 0.15) is 12.4 Å². The van der Waals surface area contributed by atoms with Crippen molar-refractivity contribution in [2.45, 2.75) is 33.3 Å². The van der Waals surface area contributed by atoms with E-state index >= 15 is 0 Å². The number of cyclic esters (lactones) is 1. The normalized spacial score (nSPS) is 14.6. The summed E-state index contributed by atoms with van der Waals surface area (Å²) in [6.45, 7) is 6.84. The maximum absolute atomic E-state index is 12.3. The highest BCUT2D eigenvalue weighted by Crippen LogP contribution is 2.23. The van der Waals surface area contributed by atoms with Crippen molar-refractivity contribution >= 4 is 17.9 Å². The Hall–Kier alpha value is -3.66. The standard InChI is InChI=1S/C27H25NO3/c1-18(2)21-11-13-22(14-12-21)26-28-25(27(29)31-26)16-20-8-6-10-24(15-20)30-17-23-9-5-4-7-19(23)3/h4-16,18H,17H2,1-3H3/b25-16-. The van der Waals surface area contributed by atoms with Crippen LogP contribution in [-0.4, -0.2) is 11.9 Å². The number of hydrogen-bond donors (Lipinski definition) is 0. The summed E-state index contributed by atoms with van der Waals surface area (Å²) in [6.07, 6.45) is 1.72. The van der Waals surface area contributed by atoms with Crippen molar-refractivity contribution in [3.63, 3.8) is 0 Å². The first-order valence-corrected chi connectivity index (χ1v) is 10.4. The minimum Gasteiger partial charge on any atom is -0.489 e. The molecule has 156 valence electrons. The largest absolute Gasteiger partial charge is 0.489 e. The number of ether oxygens (including phenoxy) is 2. The van der Waals surface area contributed by atoms with E-state index in [0.717, 1.165) is 22.4 Å². The zero-order valence-electron chi connectivity index (χ0n) is 18.0. The third kappa shape index (κ3) is 4.92. The average molecular weight is 412 g/mol. The van der Waals surface area contributed by atoms with Gasteiger partial charge in [-0.15, -0.1) is 0 Å². The maximum atomic E-state index is 12.3. The van der Waals surface area contributed by atoms with Gasteiger partial charge in [-0.3, -0.25) is 0 Å². The number of esters is 1. The van der Waals surface area contributed by atoms with Gasteiger partial charge in [0.25, 0.3) is 0 Å². The number of nitrogens with zero attached hydrogens (tertiary/aromatic N) is 1. The van der Waals surface area contributed by atoms with Crippen molar-refractivity contribution in [2.75, 3.05) is 0 Å². The molecule has 0 saturated carbocycles. The molecule has 0 radical (unpaired) electrons. The highest BCUT2D eigenvalue weighted by atomic mass is 16.6. The van der Waals surface area contributed by atoms with Crippen molar-refractivity contribution in [3.8, 4) is 5.75 Å². The Morgan fingerprint density at radius 1 is 1.00 bits per heavy atom. The molecule has 4 rings (SSSR count). The predicted molar refractivity (Wildman–Crippen MR) is 123 cm³/mol. The third-order valence-corrected chi connectivity index (χ3v) is 5.26. The van der Waals surface area contributed by atoms with Crippen molar-refractivity contribution in [1.29, 1.82) is 0 Å². The van der Waals surface area contributed by atoms with Gasteiger partial charge in [-0.2, -0.15) is 0 Å². The van der Waals surface area contributed by atoms with Crippen molar-refractivity contribution in [1.82, 2.24) is 0 Å². The summed E-state index contributed by atoms with van der Waals surface area (Å²) in [5.41, 5.74) is 5.46. The number of aryl methyl sites for hydroxylation is 1. The molecule has 0 atom stereocenters. The second-order valence-electron chi connectivity index (χ2n) is 7.90. The highest BCUT2D eigenvalue weighted by molar-refractivity contribution is 6.12. The molecule has 0 N–H and O–H groups in total. The fourth-order valence-electron chi connectivity index (χ4n) is 3.33. The van der Waals surface area contributed by atoms with Crippen molar-refractivity contribution in [3.05, 3.63) is 106 Å². The quantitative estimate of drug-likeness (QED) is 0.367. The Bertz CT molecular complexity index is 1160. The number of hydrogen-bond acceptors (Lipinski definition) is 4. The molecule has 0 bridgehead atoms. The Kier molecular flexibility index (Phi) is 5.99. The lowest BCUT2D eigenvalue weighted by atomic mass is 10.0. The molecule has 0 fully saturated rings. The molecule has 4 nitrogen and oxygen atoms in total. The minimum absolute atomic E-state index is 0.277. The minimum atomic E-state index is -0.450. The van der Waals surface area contributed by atoms with E-state index in [1.54, 1.807) is 6.08 Å². The predicted octanol–water partition coefficient (Wildman–Crippen LogP) is 6.04. The first-order chi connectivity index (χ1) is 15.0. The van der Waals surface area contributed by atoms with Crippen LogP contribution >= 0.6 is 0 Å². The van der Waals surface area contributed by atoms with Gasteiger partial charge < -0.3 is 9.47 Å². The molecule has 0 aromatic heterocycles. The first kappa shape index (κ1) is 20.6. The zero-order valence-corrected chi connectivity index (χ0v) is 18.0. The van der Waals surface area contributed by atoms with E-state index in [2.05, 4.69) is 37.9 Å². The molecule has 0 saturated heterocycles. The number of carbonyl (C=O) groups is 1. The summed E-state index contributed by atoms with van der Waals surface area (Å²) in [7, 11) is 0. The molecule has 0 aliphatic carbocycles. The number of benzene rings is 3. The molecule has 0 amide bonds. The molecule has 3 aromatic carbocycles. The van der Waals surface area contributed by atoms with E-state index in [1.807, 2.05) is 60.7 Å². The van der Waals surface area contributed by atoms with Gasteiger partial charge in [-0.1, -0.05) is 62.4 Å². The maximum Gasteiger partial charge on any atom is 0.363 e. The highest BCUT2D eigenvalue weighted by Gasteiger charge is 2.24. The van der Waals surface area contributed by atoms with Gasteiger partial charge in [0, 0.05) is 5.56 Å². The van der Waals surface area contributed by atoms with E-state index < -0.39 is 5.97 Å². The summed E-state index contributed by atoms with van der Waals surface area (Å²) < 4.78 is 11.3. The lowest BCUT2D eigenvalue weighted by molar-refractivity contribution is -0.129. The topological polar surface area (TPSA) is 47.9 Å². The van der Waals surface area contributed by atoms with E-state index in [-0.39, 0.29) is 5.70 Å². The molecule has 0 unspecified atom stereocenters. The van der Waals surface area contributed by atoms with Crippen LogP contribution in [0.1, 0.15) is 47.6 Å². The number of carbonyl (C=O) groups excluding carboxylic acids is 1. The van der Waals surface area contributed by atoms with Crippen molar-refractivity contribution in [2.24, 2.45) is 4.99 Å². The summed E-state index contributed by atoms with van der Waals surface area (Å²) in [6, 6.07) is 23.7. The van der Waals surface area contributed by atoms with Crippen LogP contribution in [0.2, 0.25) is 0 Å². The van der Waals surface area contributed by atoms with Crippen LogP contribution < -0.4 is 4.74 Å². The molecule has 3 aromatic rings. The summed E-state index contributed by atoms with van der Waals surface area (Å²) in [5.74, 6) is 1.06. The van der Waals surface area contributed by atoms with Crippen LogP contribution in [0, 0.1) is 6.92 Å². The lowest BCUT2D eigenvalue weighted by Crippen LogP contribution is -2.05. The van der Waals surface area contributed by atoms with Crippen LogP contribution in [-0.2, 0) is 16.1 Å². The third-order valence-electron chi connectivity index (χ3n) is 5.26. The van der Waals surface area contributed by atoms with E-state index in [4.69, 9.17) is 9.47 Å². The average Bonchev–Trinajstić information content (AvgIpc) is 3.13. The van der Waals surface area contributed by atoms with Crippen LogP contribution in [0.25, 0.3) is 6.08 Å². The Balaban J connectivity index is 1.50. The van der Waals surface area contributed by atoms with Crippen molar-refractivity contribution < 1.29 is 14.3 Å². The number of rotatable bonds is 6. The fraction of sp³-hybridized carbons (Fsp3) is 0.185. The summed E-state index contributed by atoms with van der Waals surface area (Å²) in [4.78, 5) is 16.7. The van der Waals surface area contributed by atoms with Gasteiger partial charge >= 0.3 is 5.97 Å². The lowest BCUT2D eigenvalue weighted by Gasteiger charge is -2.09. The monoisotopic (exact) mass is 411 g/mol. The Morgan fingerprint density at radius 3 is 2.52 bits per heavy atom. The molecular formula is C27H25NO3. The van der Waals surface area contributed by atoms with Gasteiger partial charge in [-0.05, 0) is 65.4 Å². The molecule has 1 heterocycles. The Morgan fingerprint density at radius 2 is 1.77 bits per heavy atom. The molecule has 1 aliphatic rings. The smallest absolute Gasteiger partial charge is 0.363 e. The van der Waals surface area contributed by atoms with Gasteiger partial charge in [-0.25, -0.2) is 9.79 Å². The van der Waals surface area contributed by atoms with Crippen LogP contribution in [0.4, 0.5) is 0 Å². The van der Waals surface area contributed by atoms with E-state index in [9.17, 15) is 4.79 Å². The van der Waals surface area contributed by atoms with Gasteiger partial charge in [0.15, 0.2) is 5.70 Å². The fourth-order valence-corrected chi connectivity index (χ4v) is 3.33.